The zero-order chi connectivity index (χ0) is 10.3. The van der Waals surface area contributed by atoms with Gasteiger partial charge in [-0.25, -0.2) is 4.98 Å². The standard InChI is InChI=1S/C12H10N2O/c1-8-4-2-6-10-11(8)14-9-5-3-7-13-12(9)15-10/h2-7,14H,1H3. The minimum absolute atomic E-state index is 0.635. The number of nitrogens with zero attached hydrogens (tertiary/aromatic N) is 1. The number of hydrogen-bond donors (Lipinski definition) is 1. The summed E-state index contributed by atoms with van der Waals surface area (Å²) in [6.45, 7) is 2.05. The van der Waals surface area contributed by atoms with Gasteiger partial charge in [-0.05, 0) is 30.7 Å². The molecule has 0 unspecified atom stereocenters. The maximum Gasteiger partial charge on any atom is 0.243 e. The SMILES string of the molecule is Cc1cccc2c1Nc1cccnc1O2. The second-order valence-corrected chi connectivity index (χ2v) is 3.53. The summed E-state index contributed by atoms with van der Waals surface area (Å²) in [6, 6.07) is 9.81. The molecule has 3 nitrogen and oxygen atoms in total. The van der Waals surface area contributed by atoms with E-state index in [-0.39, 0.29) is 0 Å². The van der Waals surface area contributed by atoms with E-state index in [9.17, 15) is 0 Å². The van der Waals surface area contributed by atoms with Gasteiger partial charge in [0.1, 0.15) is 5.69 Å². The van der Waals surface area contributed by atoms with Crippen LogP contribution in [-0.2, 0) is 0 Å². The first-order chi connectivity index (χ1) is 7.34. The molecule has 1 aliphatic heterocycles. The first-order valence-electron chi connectivity index (χ1n) is 4.84. The van der Waals surface area contributed by atoms with Crippen LogP contribution in [0.4, 0.5) is 11.4 Å². The van der Waals surface area contributed by atoms with Gasteiger partial charge in [-0.1, -0.05) is 12.1 Å². The molecular weight excluding hydrogens is 188 g/mol. The van der Waals surface area contributed by atoms with Crippen molar-refractivity contribution in [3.63, 3.8) is 0 Å². The first kappa shape index (κ1) is 8.29. The molecule has 1 N–H and O–H groups in total. The Morgan fingerprint density at radius 3 is 3.07 bits per heavy atom. The van der Waals surface area contributed by atoms with Crippen molar-refractivity contribution in [2.45, 2.75) is 6.92 Å². The minimum Gasteiger partial charge on any atom is -0.435 e. The van der Waals surface area contributed by atoms with Crippen molar-refractivity contribution in [3.05, 3.63) is 42.1 Å². The van der Waals surface area contributed by atoms with E-state index >= 15 is 0 Å². The van der Waals surface area contributed by atoms with Crippen LogP contribution in [0, 0.1) is 6.92 Å². The fourth-order valence-corrected chi connectivity index (χ4v) is 1.69. The van der Waals surface area contributed by atoms with Crippen LogP contribution < -0.4 is 10.1 Å². The number of aryl methyl sites for hydroxylation is 1. The van der Waals surface area contributed by atoms with Crippen molar-refractivity contribution < 1.29 is 4.74 Å². The van der Waals surface area contributed by atoms with E-state index in [1.165, 1.54) is 5.56 Å². The summed E-state index contributed by atoms with van der Waals surface area (Å²) in [5, 5.41) is 3.32. The molecule has 3 heteroatoms. The van der Waals surface area contributed by atoms with Crippen molar-refractivity contribution in [2.24, 2.45) is 0 Å². The summed E-state index contributed by atoms with van der Waals surface area (Å²) in [7, 11) is 0. The van der Waals surface area contributed by atoms with Gasteiger partial charge in [-0.15, -0.1) is 0 Å². The third-order valence-corrected chi connectivity index (χ3v) is 2.47. The van der Waals surface area contributed by atoms with Gasteiger partial charge in [0.05, 0.1) is 5.69 Å². The molecular formula is C12H10N2O. The largest absolute Gasteiger partial charge is 0.435 e. The van der Waals surface area contributed by atoms with Gasteiger partial charge in [-0.2, -0.15) is 0 Å². The number of aromatic nitrogens is 1. The Morgan fingerprint density at radius 1 is 1.20 bits per heavy atom. The van der Waals surface area contributed by atoms with Crippen molar-refractivity contribution in [2.75, 3.05) is 5.32 Å². The Labute approximate surface area is 87.7 Å². The Kier molecular flexibility index (Phi) is 1.65. The van der Waals surface area contributed by atoms with E-state index in [2.05, 4.69) is 23.3 Å². The third-order valence-electron chi connectivity index (χ3n) is 2.47. The Morgan fingerprint density at radius 2 is 2.13 bits per heavy atom. The molecule has 3 rings (SSSR count). The molecule has 1 aromatic heterocycles. The smallest absolute Gasteiger partial charge is 0.243 e. The molecule has 0 radical (unpaired) electrons. The van der Waals surface area contributed by atoms with E-state index in [4.69, 9.17) is 4.74 Å². The predicted molar refractivity (Wildman–Crippen MR) is 58.8 cm³/mol. The van der Waals surface area contributed by atoms with Crippen LogP contribution in [0.2, 0.25) is 0 Å². The number of hydrogen-bond acceptors (Lipinski definition) is 3. The van der Waals surface area contributed by atoms with Crippen molar-refractivity contribution in [3.8, 4) is 11.6 Å². The monoisotopic (exact) mass is 198 g/mol. The maximum atomic E-state index is 5.68. The second kappa shape index (κ2) is 2.98. The predicted octanol–water partition coefficient (Wildman–Crippen LogP) is 3.24. The fourth-order valence-electron chi connectivity index (χ4n) is 1.69. The average Bonchev–Trinajstić information content (AvgIpc) is 2.27. The first-order valence-corrected chi connectivity index (χ1v) is 4.84. The molecule has 0 spiro atoms. The lowest BCUT2D eigenvalue weighted by atomic mass is 10.1. The van der Waals surface area contributed by atoms with Crippen molar-refractivity contribution in [1.82, 2.24) is 4.98 Å². The van der Waals surface area contributed by atoms with Gasteiger partial charge in [-0.3, -0.25) is 0 Å². The Hall–Kier alpha value is -2.03. The average molecular weight is 198 g/mol. The Bertz CT molecular complexity index is 523. The Balaban J connectivity index is 2.15. The molecule has 2 heterocycles. The number of anilines is 2. The topological polar surface area (TPSA) is 34.2 Å². The van der Waals surface area contributed by atoms with Gasteiger partial charge in [0.15, 0.2) is 5.75 Å². The van der Waals surface area contributed by atoms with E-state index in [0.29, 0.717) is 5.88 Å². The zero-order valence-electron chi connectivity index (χ0n) is 8.32. The van der Waals surface area contributed by atoms with Gasteiger partial charge in [0.25, 0.3) is 0 Å². The van der Waals surface area contributed by atoms with Crippen LogP contribution in [0.15, 0.2) is 36.5 Å². The molecule has 74 valence electrons. The van der Waals surface area contributed by atoms with Gasteiger partial charge >= 0.3 is 0 Å². The van der Waals surface area contributed by atoms with Gasteiger partial charge in [0, 0.05) is 6.20 Å². The lowest BCUT2D eigenvalue weighted by Gasteiger charge is -2.21. The normalized spacial score (nSPS) is 12.1. The van der Waals surface area contributed by atoms with Crippen LogP contribution in [0.25, 0.3) is 0 Å². The van der Waals surface area contributed by atoms with Gasteiger partial charge < -0.3 is 10.1 Å². The quantitative estimate of drug-likeness (QED) is 0.602. The van der Waals surface area contributed by atoms with E-state index in [1.54, 1.807) is 6.20 Å². The van der Waals surface area contributed by atoms with Crippen molar-refractivity contribution in [1.29, 1.82) is 0 Å². The molecule has 0 amide bonds. The fraction of sp³-hybridized carbons (Fsp3) is 0.0833. The highest BCUT2D eigenvalue weighted by atomic mass is 16.5. The molecule has 0 fully saturated rings. The van der Waals surface area contributed by atoms with E-state index in [1.807, 2.05) is 24.3 Å². The van der Waals surface area contributed by atoms with E-state index in [0.717, 1.165) is 17.1 Å². The minimum atomic E-state index is 0.635. The number of rotatable bonds is 0. The number of fused-ring (bicyclic) bond motifs is 2. The number of pyridine rings is 1. The van der Waals surface area contributed by atoms with E-state index < -0.39 is 0 Å². The van der Waals surface area contributed by atoms with Crippen LogP contribution in [0.1, 0.15) is 5.56 Å². The molecule has 1 aromatic carbocycles. The molecule has 0 atom stereocenters. The molecule has 0 aliphatic carbocycles. The summed E-state index contributed by atoms with van der Waals surface area (Å²) in [5.74, 6) is 1.47. The molecule has 15 heavy (non-hydrogen) atoms. The highest BCUT2D eigenvalue weighted by Gasteiger charge is 2.17. The third kappa shape index (κ3) is 1.24. The summed E-state index contributed by atoms with van der Waals surface area (Å²) in [5.41, 5.74) is 3.11. The highest BCUT2D eigenvalue weighted by molar-refractivity contribution is 5.76. The summed E-state index contributed by atoms with van der Waals surface area (Å²) < 4.78 is 5.68. The molecule has 1 aliphatic rings. The summed E-state index contributed by atoms with van der Waals surface area (Å²) in [6.07, 6.45) is 1.72. The lowest BCUT2D eigenvalue weighted by molar-refractivity contribution is 0.461. The zero-order valence-corrected chi connectivity index (χ0v) is 8.32. The molecule has 0 saturated heterocycles. The lowest BCUT2D eigenvalue weighted by Crippen LogP contribution is -2.05. The van der Waals surface area contributed by atoms with Crippen LogP contribution in [0.5, 0.6) is 11.6 Å². The molecule has 0 saturated carbocycles. The number of para-hydroxylation sites is 1. The highest BCUT2D eigenvalue weighted by Crippen LogP contribution is 2.41. The number of benzene rings is 1. The van der Waals surface area contributed by atoms with Crippen LogP contribution in [0.3, 0.4) is 0 Å². The number of nitrogens with one attached hydrogen (secondary N) is 1. The summed E-state index contributed by atoms with van der Waals surface area (Å²) in [4.78, 5) is 4.16. The molecule has 0 bridgehead atoms. The van der Waals surface area contributed by atoms with Crippen LogP contribution >= 0.6 is 0 Å². The van der Waals surface area contributed by atoms with Crippen LogP contribution in [-0.4, -0.2) is 4.98 Å². The molecule has 2 aromatic rings. The second-order valence-electron chi connectivity index (χ2n) is 3.53. The van der Waals surface area contributed by atoms with Gasteiger partial charge in [0.2, 0.25) is 5.88 Å². The van der Waals surface area contributed by atoms with Crippen molar-refractivity contribution >= 4 is 11.4 Å². The summed E-state index contributed by atoms with van der Waals surface area (Å²) >= 11 is 0. The number of ether oxygens (including phenoxy) is 1. The maximum absolute atomic E-state index is 5.68.